The Morgan fingerprint density at radius 1 is 1.32 bits per heavy atom. The molecule has 0 saturated carbocycles. The van der Waals surface area contributed by atoms with E-state index in [0.717, 1.165) is 6.42 Å². The number of aliphatic hydroxyl groups is 1. The summed E-state index contributed by atoms with van der Waals surface area (Å²) in [4.78, 5) is 4.09. The van der Waals surface area contributed by atoms with Crippen molar-refractivity contribution in [2.45, 2.75) is 67.2 Å². The summed E-state index contributed by atoms with van der Waals surface area (Å²) >= 11 is 0. The summed E-state index contributed by atoms with van der Waals surface area (Å²) in [7, 11) is 0. The van der Waals surface area contributed by atoms with E-state index in [1.165, 1.54) is 30.4 Å². The van der Waals surface area contributed by atoms with Crippen molar-refractivity contribution in [3.63, 3.8) is 0 Å². The third-order valence-corrected chi connectivity index (χ3v) is 5.35. The van der Waals surface area contributed by atoms with Gasteiger partial charge in [0.2, 0.25) is 0 Å². The Labute approximate surface area is 155 Å². The number of rotatable bonds is 8. The third kappa shape index (κ3) is 7.56. The van der Waals surface area contributed by atoms with Crippen LogP contribution in [0.4, 0.5) is 0 Å². The van der Waals surface area contributed by atoms with E-state index >= 15 is 0 Å². The molecule has 0 fully saturated rings. The highest BCUT2D eigenvalue weighted by Gasteiger charge is 2.27. The lowest BCUT2D eigenvalue weighted by Gasteiger charge is -2.34. The molecule has 0 aliphatic heterocycles. The van der Waals surface area contributed by atoms with Crippen LogP contribution in [0.25, 0.3) is 0 Å². The molecule has 0 spiro atoms. The minimum absolute atomic E-state index is 0.104. The van der Waals surface area contributed by atoms with E-state index in [4.69, 9.17) is 5.11 Å². The quantitative estimate of drug-likeness (QED) is 0.325. The Kier molecular flexibility index (Phi) is 9.13. The summed E-state index contributed by atoms with van der Waals surface area (Å²) in [5.41, 5.74) is 6.20. The van der Waals surface area contributed by atoms with Crippen LogP contribution in [-0.2, 0) is 0 Å². The second kappa shape index (κ2) is 10.6. The summed E-state index contributed by atoms with van der Waals surface area (Å²) in [6.45, 7) is 14.2. The monoisotopic (exact) mass is 343 g/mol. The first-order valence-electron chi connectivity index (χ1n) is 9.59. The van der Waals surface area contributed by atoms with Crippen molar-refractivity contribution < 1.29 is 5.11 Å². The highest BCUT2D eigenvalue weighted by atomic mass is 16.3. The van der Waals surface area contributed by atoms with Crippen molar-refractivity contribution >= 4 is 6.21 Å². The molecule has 0 bridgehead atoms. The van der Waals surface area contributed by atoms with Gasteiger partial charge in [0.05, 0.1) is 13.2 Å². The van der Waals surface area contributed by atoms with Crippen molar-refractivity contribution in [3.05, 3.63) is 46.6 Å². The van der Waals surface area contributed by atoms with Gasteiger partial charge in [0.25, 0.3) is 0 Å². The molecule has 0 aromatic carbocycles. The van der Waals surface area contributed by atoms with E-state index in [0.29, 0.717) is 17.9 Å². The van der Waals surface area contributed by atoms with Gasteiger partial charge in [-0.15, -0.1) is 0 Å². The molecule has 0 amide bonds. The zero-order valence-corrected chi connectivity index (χ0v) is 17.1. The predicted molar refractivity (Wildman–Crippen MR) is 111 cm³/mol. The van der Waals surface area contributed by atoms with Gasteiger partial charge in [0, 0.05) is 6.21 Å². The Hall–Kier alpha value is -1.41. The zero-order valence-electron chi connectivity index (χ0n) is 17.1. The van der Waals surface area contributed by atoms with Gasteiger partial charge < -0.3 is 5.11 Å². The first kappa shape index (κ1) is 21.6. The molecule has 1 atom stereocenters. The van der Waals surface area contributed by atoms with Crippen LogP contribution in [0.2, 0.25) is 0 Å². The number of aliphatic hydroxyl groups excluding tert-OH is 1. The number of aliphatic imine (C=N–C) groups is 1. The highest BCUT2D eigenvalue weighted by molar-refractivity contribution is 5.72. The molecule has 2 nitrogen and oxygen atoms in total. The summed E-state index contributed by atoms with van der Waals surface area (Å²) in [6, 6.07) is 0. The largest absolute Gasteiger partial charge is 0.394 e. The number of nitrogens with zero attached hydrogens (tertiary/aromatic N) is 1. The van der Waals surface area contributed by atoms with E-state index in [1.807, 2.05) is 6.08 Å². The predicted octanol–water partition coefficient (Wildman–Crippen LogP) is 6.05. The SMILES string of the molecule is CC1=C(C/C=C(\C)C(C)/C=C/C(C)=C/C=N/CCO)C(C)(C)CCC1. The molecule has 1 unspecified atom stereocenters. The number of hydrogen-bond donors (Lipinski definition) is 1. The fourth-order valence-corrected chi connectivity index (χ4v) is 3.38. The minimum Gasteiger partial charge on any atom is -0.394 e. The molecule has 1 aliphatic rings. The molecule has 0 heterocycles. The van der Waals surface area contributed by atoms with Gasteiger partial charge in [-0.2, -0.15) is 0 Å². The Bertz CT molecular complexity index is 573. The van der Waals surface area contributed by atoms with Gasteiger partial charge >= 0.3 is 0 Å². The van der Waals surface area contributed by atoms with Gasteiger partial charge in [0.15, 0.2) is 0 Å². The zero-order chi connectivity index (χ0) is 18.9. The first-order valence-corrected chi connectivity index (χ1v) is 9.59. The Morgan fingerprint density at radius 3 is 2.68 bits per heavy atom. The van der Waals surface area contributed by atoms with Crippen molar-refractivity contribution in [2.75, 3.05) is 13.2 Å². The fourth-order valence-electron chi connectivity index (χ4n) is 3.38. The maximum atomic E-state index is 8.70. The van der Waals surface area contributed by atoms with E-state index < -0.39 is 0 Å². The van der Waals surface area contributed by atoms with Crippen LogP contribution in [-0.4, -0.2) is 24.5 Å². The van der Waals surface area contributed by atoms with Gasteiger partial charge in [-0.05, 0) is 69.4 Å². The van der Waals surface area contributed by atoms with Crippen molar-refractivity contribution in [3.8, 4) is 0 Å². The lowest BCUT2D eigenvalue weighted by Crippen LogP contribution is -2.20. The van der Waals surface area contributed by atoms with E-state index in [-0.39, 0.29) is 6.61 Å². The second-order valence-electron chi connectivity index (χ2n) is 7.99. The maximum Gasteiger partial charge on any atom is 0.0626 e. The topological polar surface area (TPSA) is 32.6 Å². The molecular weight excluding hydrogens is 306 g/mol. The van der Waals surface area contributed by atoms with Crippen LogP contribution in [0, 0.1) is 11.3 Å². The van der Waals surface area contributed by atoms with Crippen LogP contribution in [0.5, 0.6) is 0 Å². The molecule has 140 valence electrons. The summed E-state index contributed by atoms with van der Waals surface area (Å²) in [5.74, 6) is 0.435. The van der Waals surface area contributed by atoms with Gasteiger partial charge in [-0.3, -0.25) is 4.99 Å². The minimum atomic E-state index is 0.104. The van der Waals surface area contributed by atoms with Crippen molar-refractivity contribution in [1.82, 2.24) is 0 Å². The van der Waals surface area contributed by atoms with Crippen LogP contribution >= 0.6 is 0 Å². The molecule has 0 aromatic heterocycles. The normalized spacial score (nSPS) is 20.8. The van der Waals surface area contributed by atoms with E-state index in [9.17, 15) is 0 Å². The summed E-state index contributed by atoms with van der Waals surface area (Å²) in [6.07, 6.45) is 15.6. The van der Waals surface area contributed by atoms with Crippen LogP contribution in [0.15, 0.2) is 51.6 Å². The van der Waals surface area contributed by atoms with Crippen molar-refractivity contribution in [2.24, 2.45) is 16.3 Å². The first-order chi connectivity index (χ1) is 11.8. The van der Waals surface area contributed by atoms with Gasteiger partial charge in [0.1, 0.15) is 0 Å². The van der Waals surface area contributed by atoms with E-state index in [1.54, 1.807) is 17.4 Å². The maximum absolute atomic E-state index is 8.70. The van der Waals surface area contributed by atoms with Gasteiger partial charge in [-0.25, -0.2) is 0 Å². The molecule has 1 rings (SSSR count). The van der Waals surface area contributed by atoms with Crippen molar-refractivity contribution in [1.29, 1.82) is 0 Å². The fraction of sp³-hybridized carbons (Fsp3) is 0.609. The third-order valence-electron chi connectivity index (χ3n) is 5.35. The molecule has 0 aromatic rings. The highest BCUT2D eigenvalue weighted by Crippen LogP contribution is 2.42. The molecule has 2 heteroatoms. The average Bonchev–Trinajstić information content (AvgIpc) is 2.55. The molecule has 0 radical (unpaired) electrons. The van der Waals surface area contributed by atoms with Crippen LogP contribution < -0.4 is 0 Å². The van der Waals surface area contributed by atoms with Crippen LogP contribution in [0.3, 0.4) is 0 Å². The summed E-state index contributed by atoms with van der Waals surface area (Å²) < 4.78 is 0. The van der Waals surface area contributed by atoms with Gasteiger partial charge in [-0.1, -0.05) is 55.7 Å². The Balaban J connectivity index is 2.68. The molecule has 25 heavy (non-hydrogen) atoms. The number of hydrogen-bond acceptors (Lipinski definition) is 2. The standard InChI is InChI=1S/C23H37NO/c1-18(13-15-24-16-17-25)9-10-19(2)20(3)11-12-22-21(4)8-7-14-23(22,5)6/h9-11,13,15,19,25H,7-8,12,14,16-17H2,1-6H3/b10-9+,18-13+,20-11+,24-15+. The van der Waals surface area contributed by atoms with Crippen LogP contribution in [0.1, 0.15) is 67.2 Å². The smallest absolute Gasteiger partial charge is 0.0626 e. The average molecular weight is 344 g/mol. The molecule has 1 N–H and O–H groups in total. The number of allylic oxidation sites excluding steroid dienone is 8. The lowest BCUT2D eigenvalue weighted by molar-refractivity contribution is 0.307. The molecule has 1 aliphatic carbocycles. The Morgan fingerprint density at radius 2 is 2.04 bits per heavy atom. The van der Waals surface area contributed by atoms with E-state index in [2.05, 4.69) is 64.8 Å². The molecular formula is C23H37NO. The second-order valence-corrected chi connectivity index (χ2v) is 7.99. The molecule has 0 saturated heterocycles. The summed E-state index contributed by atoms with van der Waals surface area (Å²) in [5, 5.41) is 8.70. The lowest BCUT2D eigenvalue weighted by atomic mass is 9.71.